The number of imidazole rings is 1. The maximum Gasteiger partial charge on any atom is 0.294 e. The minimum atomic E-state index is -4.59. The number of aromatic nitrogens is 4. The van der Waals surface area contributed by atoms with Crippen molar-refractivity contribution < 1.29 is 57.2 Å². The van der Waals surface area contributed by atoms with Crippen LogP contribution in [-0.2, 0) is 61.7 Å². The summed E-state index contributed by atoms with van der Waals surface area (Å²) in [6.07, 6.45) is 31.2. The van der Waals surface area contributed by atoms with Gasteiger partial charge < -0.3 is 25.7 Å². The van der Waals surface area contributed by atoms with Crippen molar-refractivity contribution in [3.05, 3.63) is 161 Å². The second kappa shape index (κ2) is 25.0. The minimum Gasteiger partial charge on any atom is -0.471 e. The maximum atomic E-state index is 13.2. The van der Waals surface area contributed by atoms with Gasteiger partial charge in [0.1, 0.15) is 18.4 Å². The van der Waals surface area contributed by atoms with Gasteiger partial charge in [-0.15, -0.1) is 0 Å². The number of fused-ring (bicyclic) bond motifs is 3. The van der Waals surface area contributed by atoms with Crippen LogP contribution in [0.1, 0.15) is 114 Å². The van der Waals surface area contributed by atoms with E-state index >= 15 is 0 Å². The fourth-order valence-electron chi connectivity index (χ4n) is 12.0. The topological polar surface area (TPSA) is 305 Å². The van der Waals surface area contributed by atoms with E-state index in [2.05, 4.69) is 53.8 Å². The van der Waals surface area contributed by atoms with E-state index in [0.29, 0.717) is 75.7 Å². The van der Waals surface area contributed by atoms with Crippen molar-refractivity contribution in [3.63, 3.8) is 0 Å². The number of nitrogens with zero attached hydrogens (tertiary/aromatic N) is 5. The molecule has 26 heteroatoms. The highest BCUT2D eigenvalue weighted by Gasteiger charge is 2.80. The van der Waals surface area contributed by atoms with Crippen molar-refractivity contribution in [3.8, 4) is 5.88 Å². The third-order valence-corrected chi connectivity index (χ3v) is 30.7. The molecule has 0 bridgehead atoms. The van der Waals surface area contributed by atoms with Gasteiger partial charge in [0.25, 0.3) is 30.4 Å². The molecule has 7 N–H and O–H groups in total. The van der Waals surface area contributed by atoms with Gasteiger partial charge in [0.2, 0.25) is 23.4 Å². The SMILES string of the molecule is CC1(CCCCS(=O)(=O)O)C2=C(C=CC(S(=O)(=O)O)C2)N(CCCCCC(=O)NCc2ccc(COc3nc(N)nc4[nH]cnc34)cc2)/C1=C/C=C/C1=[N+](CCCC2=C/C=C\C=C/C=C\2)c2ccc(S(=O)(=O)O)cc2C1(C)CCCC12S[SH]1(=O)S2. The van der Waals surface area contributed by atoms with Crippen LogP contribution in [0, 0.1) is 5.41 Å². The smallest absolute Gasteiger partial charge is 0.294 e. The van der Waals surface area contributed by atoms with E-state index in [1.807, 2.05) is 79.8 Å². The number of ether oxygens (including phenoxy) is 1. The van der Waals surface area contributed by atoms with E-state index in [4.69, 9.17) is 10.5 Å². The Hall–Kier alpha value is -5.97. The summed E-state index contributed by atoms with van der Waals surface area (Å²) in [5.74, 6) is -0.239. The number of amides is 1. The first-order valence-electron chi connectivity index (χ1n) is 28.3. The first-order chi connectivity index (χ1) is 40.4. The van der Waals surface area contributed by atoms with E-state index in [1.165, 1.54) is 18.5 Å². The monoisotopic (exact) mass is 1280 g/mol. The van der Waals surface area contributed by atoms with Gasteiger partial charge in [0.05, 0.1) is 22.4 Å². The number of hydrogen-bond acceptors (Lipinski definition) is 16. The van der Waals surface area contributed by atoms with Crippen LogP contribution < -0.4 is 15.8 Å². The molecule has 3 unspecified atom stereocenters. The second-order valence-corrected chi connectivity index (χ2v) is 36.4. The summed E-state index contributed by atoms with van der Waals surface area (Å²) < 4.78 is 126. The lowest BCUT2D eigenvalue weighted by Crippen LogP contribution is -2.32. The normalized spacial score (nSPS) is 25.7. The van der Waals surface area contributed by atoms with Crippen molar-refractivity contribution in [1.29, 1.82) is 0 Å². The number of nitrogens with two attached hydrogens (primary N) is 1. The number of hydrogen-bond donors (Lipinski definition) is 7. The van der Waals surface area contributed by atoms with Gasteiger partial charge in [0, 0.05) is 68.4 Å². The lowest BCUT2D eigenvalue weighted by Gasteiger charge is -2.33. The molecule has 1 amide bonds. The number of rotatable bonds is 28. The van der Waals surface area contributed by atoms with Gasteiger partial charge in [-0.25, -0.2) is 4.98 Å². The Morgan fingerprint density at radius 2 is 1.64 bits per heavy atom. The van der Waals surface area contributed by atoms with Gasteiger partial charge in [-0.1, -0.05) is 98.7 Å². The molecule has 0 spiro atoms. The molecular weight excluding hydrogens is 1210 g/mol. The highest BCUT2D eigenvalue weighted by atomic mass is 33.6. The zero-order valence-corrected chi connectivity index (χ0v) is 52.1. The Morgan fingerprint density at radius 1 is 0.894 bits per heavy atom. The number of anilines is 1. The summed E-state index contributed by atoms with van der Waals surface area (Å²) in [5.41, 5.74) is 12.8. The third-order valence-electron chi connectivity index (χ3n) is 16.6. The molecule has 20 nitrogen and oxygen atoms in total. The summed E-state index contributed by atoms with van der Waals surface area (Å²) in [4.78, 5) is 30.5. The van der Waals surface area contributed by atoms with Crippen LogP contribution >= 0.6 is 21.6 Å². The van der Waals surface area contributed by atoms with Crippen LogP contribution in [0.15, 0.2) is 149 Å². The quantitative estimate of drug-likeness (QED) is 0.00694. The maximum absolute atomic E-state index is 13.2. The van der Waals surface area contributed by atoms with Gasteiger partial charge in [-0.3, -0.25) is 22.7 Å². The van der Waals surface area contributed by atoms with Gasteiger partial charge in [-0.2, -0.15) is 39.8 Å². The van der Waals surface area contributed by atoms with E-state index in [9.17, 15) is 47.9 Å². The Labute approximate surface area is 504 Å². The lowest BCUT2D eigenvalue weighted by molar-refractivity contribution is -0.438. The number of carbonyl (C=O) groups excluding carboxylic acids is 1. The first kappa shape index (κ1) is 62.1. The molecule has 454 valence electrons. The number of thiol groups is 1. The summed E-state index contributed by atoms with van der Waals surface area (Å²) in [7, 11) is -12.5. The molecule has 2 fully saturated rings. The number of nitrogens with one attached hydrogen (secondary N) is 2. The highest BCUT2D eigenvalue weighted by molar-refractivity contribution is 9.38. The number of nitrogen functional groups attached to an aromatic ring is 1. The zero-order valence-electron chi connectivity index (χ0n) is 47.2. The molecule has 4 aliphatic heterocycles. The molecule has 0 saturated carbocycles. The largest absolute Gasteiger partial charge is 0.471 e. The van der Waals surface area contributed by atoms with E-state index in [-0.39, 0.29) is 51.9 Å². The molecule has 4 aromatic rings. The Bertz CT molecular complexity index is 3970. The van der Waals surface area contributed by atoms with Crippen molar-refractivity contribution in [2.24, 2.45) is 5.41 Å². The van der Waals surface area contributed by atoms with Gasteiger partial charge in [-0.05, 0) is 133 Å². The lowest BCUT2D eigenvalue weighted by atomic mass is 9.73. The summed E-state index contributed by atoms with van der Waals surface area (Å²) >= 11 is 0. The molecule has 6 aliphatic rings. The van der Waals surface area contributed by atoms with Crippen molar-refractivity contribution in [2.75, 3.05) is 24.6 Å². The molecule has 6 heterocycles. The first-order valence-corrected chi connectivity index (χ1v) is 37.4. The van der Waals surface area contributed by atoms with Gasteiger partial charge in [0.15, 0.2) is 20.3 Å². The average Bonchev–Trinajstić information content (AvgIpc) is 1.50. The van der Waals surface area contributed by atoms with Crippen LogP contribution in [0.2, 0.25) is 0 Å². The predicted molar refractivity (Wildman–Crippen MR) is 335 cm³/mol. The Balaban J connectivity index is 0.893. The Kier molecular flexibility index (Phi) is 18.3. The minimum absolute atomic E-state index is 0.0152. The van der Waals surface area contributed by atoms with Crippen LogP contribution in [0.4, 0.5) is 11.6 Å². The standard InChI is InChI=1S/C59H70N8O12S6/c1-57(30-10-12-35-82(69,70)71)46-36-44(83(72,73)74)26-28-48(46)66(33-11-6-9-21-52(68)61-38-42-22-24-43(25-23-42)39-79-55-53-54(63-40-62-53)64-56(60)65-55)50(57)19-13-20-51-58(2,31-15-32-59-80-85(59,78)81-59)47-37-45(84(75,76)77)27-29-49(47)67(51)34-14-18-41-16-7-4-3-5-8-17-41/h3-5,7-8,13,16-17,19-20,22-29,37,40,44,85H,6,9-12,14-15,18,21,30-36,38-39H2,1-2H3,(H6-,60,61,62,63,64,65,68,69,70,71,72,73,74,75,76,77)/p+1/b4-3-,5-3?,7-4?,8-5-,16-7-,17-8?,41-16?,41-17+. The number of H-pyrrole nitrogens is 1. The number of unbranched alkanes of at least 4 members (excludes halogenated alkanes) is 3. The molecular formula is C59H71N8O12S6+. The van der Waals surface area contributed by atoms with Crippen LogP contribution in [-0.4, -0.2) is 112 Å². The molecule has 10 rings (SSSR count). The highest BCUT2D eigenvalue weighted by Crippen LogP contribution is 2.94. The number of benzene rings is 2. The molecule has 85 heavy (non-hydrogen) atoms. The number of carbonyl (C=O) groups is 1. The zero-order chi connectivity index (χ0) is 60.4. The molecule has 0 radical (unpaired) electrons. The predicted octanol–water partition coefficient (Wildman–Crippen LogP) is 9.84. The molecule has 2 saturated heterocycles. The molecule has 3 atom stereocenters. The fourth-order valence-corrected chi connectivity index (χ4v) is 24.3. The second-order valence-electron chi connectivity index (χ2n) is 22.5. The van der Waals surface area contributed by atoms with Crippen molar-refractivity contribution in [1.82, 2.24) is 30.2 Å². The summed E-state index contributed by atoms with van der Waals surface area (Å²) in [6, 6.07) is 12.4. The summed E-state index contributed by atoms with van der Waals surface area (Å²) in [5, 5.41) is 1.80. The van der Waals surface area contributed by atoms with Crippen molar-refractivity contribution >= 4 is 94.4 Å². The van der Waals surface area contributed by atoms with Crippen LogP contribution in [0.5, 0.6) is 5.88 Å². The van der Waals surface area contributed by atoms with Gasteiger partial charge >= 0.3 is 0 Å². The van der Waals surface area contributed by atoms with Crippen LogP contribution in [0.3, 0.4) is 0 Å². The summed E-state index contributed by atoms with van der Waals surface area (Å²) in [6.45, 7) is 5.63. The number of allylic oxidation sites excluding steroid dienone is 13. The Morgan fingerprint density at radius 3 is 2.38 bits per heavy atom. The van der Waals surface area contributed by atoms with E-state index in [1.54, 1.807) is 39.8 Å². The van der Waals surface area contributed by atoms with Crippen molar-refractivity contribution in [2.45, 2.75) is 129 Å². The fraction of sp³-hybridized carbons (Fsp3) is 0.407. The third kappa shape index (κ3) is 14.2. The van der Waals surface area contributed by atoms with Crippen LogP contribution in [0.25, 0.3) is 11.2 Å². The molecule has 2 aliphatic carbocycles. The molecule has 2 aromatic carbocycles. The number of aromatic amines is 1. The van der Waals surface area contributed by atoms with E-state index < -0.39 is 60.2 Å². The van der Waals surface area contributed by atoms with E-state index in [0.717, 1.165) is 69.9 Å². The molecule has 2 aromatic heterocycles. The average molecular weight is 1280 g/mol.